The van der Waals surface area contributed by atoms with Gasteiger partial charge in [-0.1, -0.05) is 18.2 Å². The minimum atomic E-state index is -0.342. The third kappa shape index (κ3) is 6.78. The summed E-state index contributed by atoms with van der Waals surface area (Å²) in [6, 6.07) is 14.9. The van der Waals surface area contributed by atoms with E-state index < -0.39 is 0 Å². The zero-order chi connectivity index (χ0) is 20.5. The average Bonchev–Trinajstić information content (AvgIpc) is 2.74. The van der Waals surface area contributed by atoms with E-state index in [1.165, 1.54) is 24.3 Å². The van der Waals surface area contributed by atoms with Crippen molar-refractivity contribution in [2.45, 2.75) is 19.3 Å². The maximum atomic E-state index is 12.8. The van der Waals surface area contributed by atoms with Crippen molar-refractivity contribution in [2.75, 3.05) is 31.6 Å². The number of nitrogens with zero attached hydrogens (tertiary/aromatic N) is 1. The first kappa shape index (κ1) is 20.6. The number of carbonyl (C=O) groups is 2. The van der Waals surface area contributed by atoms with Gasteiger partial charge in [0, 0.05) is 25.3 Å². The second kappa shape index (κ2) is 10.5. The van der Waals surface area contributed by atoms with E-state index in [1.54, 1.807) is 0 Å². The van der Waals surface area contributed by atoms with E-state index in [0.29, 0.717) is 31.3 Å². The number of hydrogen-bond donors (Lipinski definition) is 2. The zero-order valence-electron chi connectivity index (χ0n) is 16.3. The zero-order valence-corrected chi connectivity index (χ0v) is 16.3. The van der Waals surface area contributed by atoms with E-state index in [2.05, 4.69) is 10.6 Å². The first-order valence-electron chi connectivity index (χ1n) is 9.86. The quantitative estimate of drug-likeness (QED) is 0.747. The van der Waals surface area contributed by atoms with Crippen LogP contribution in [0.3, 0.4) is 0 Å². The van der Waals surface area contributed by atoms with Gasteiger partial charge in [-0.25, -0.2) is 9.18 Å². The summed E-state index contributed by atoms with van der Waals surface area (Å²) in [7, 11) is 0. The third-order valence-corrected chi connectivity index (χ3v) is 4.99. The molecule has 154 valence electrons. The maximum absolute atomic E-state index is 12.8. The molecule has 1 aliphatic heterocycles. The van der Waals surface area contributed by atoms with Crippen molar-refractivity contribution < 1.29 is 18.7 Å². The molecule has 0 aromatic heterocycles. The van der Waals surface area contributed by atoms with Crippen molar-refractivity contribution in [1.82, 2.24) is 10.2 Å². The number of piperidine rings is 1. The highest BCUT2D eigenvalue weighted by molar-refractivity contribution is 5.89. The molecule has 29 heavy (non-hydrogen) atoms. The van der Waals surface area contributed by atoms with Crippen LogP contribution in [0.4, 0.5) is 14.9 Å². The number of benzene rings is 2. The summed E-state index contributed by atoms with van der Waals surface area (Å²) in [5, 5.41) is 5.76. The molecule has 1 heterocycles. The van der Waals surface area contributed by atoms with Gasteiger partial charge in [-0.05, 0) is 61.6 Å². The molecule has 2 aromatic rings. The number of nitrogens with one attached hydrogen (secondary N) is 2. The van der Waals surface area contributed by atoms with E-state index in [0.717, 1.165) is 24.9 Å². The molecule has 7 heteroatoms. The Hall–Kier alpha value is -3.09. The lowest BCUT2D eigenvalue weighted by Crippen LogP contribution is -2.41. The summed E-state index contributed by atoms with van der Waals surface area (Å²) in [5.74, 6) is 0.399. The predicted molar refractivity (Wildman–Crippen MR) is 109 cm³/mol. The van der Waals surface area contributed by atoms with Crippen molar-refractivity contribution in [3.05, 3.63) is 60.4 Å². The van der Waals surface area contributed by atoms with Gasteiger partial charge in [0.15, 0.2) is 6.61 Å². The lowest BCUT2D eigenvalue weighted by molar-refractivity contribution is -0.123. The van der Waals surface area contributed by atoms with Gasteiger partial charge in [-0.15, -0.1) is 0 Å². The molecule has 1 fully saturated rings. The number of rotatable bonds is 7. The van der Waals surface area contributed by atoms with Crippen LogP contribution in [0, 0.1) is 11.7 Å². The molecule has 0 saturated carbocycles. The smallest absolute Gasteiger partial charge is 0.321 e. The molecular weight excluding hydrogens is 373 g/mol. The molecule has 0 spiro atoms. The Balaban J connectivity index is 1.29. The van der Waals surface area contributed by atoms with Crippen molar-refractivity contribution in [3.63, 3.8) is 0 Å². The van der Waals surface area contributed by atoms with Crippen molar-refractivity contribution in [3.8, 4) is 5.75 Å². The highest BCUT2D eigenvalue weighted by Crippen LogP contribution is 2.21. The number of amides is 3. The molecule has 0 atom stereocenters. The Morgan fingerprint density at radius 1 is 1.03 bits per heavy atom. The van der Waals surface area contributed by atoms with E-state index in [4.69, 9.17) is 4.74 Å². The number of hydrogen-bond acceptors (Lipinski definition) is 3. The summed E-state index contributed by atoms with van der Waals surface area (Å²) in [6.45, 7) is 1.91. The fraction of sp³-hybridized carbons (Fsp3) is 0.364. The molecule has 3 rings (SSSR count). The fourth-order valence-electron chi connectivity index (χ4n) is 3.30. The fourth-order valence-corrected chi connectivity index (χ4v) is 3.30. The van der Waals surface area contributed by atoms with Gasteiger partial charge in [0.25, 0.3) is 5.91 Å². The number of halogens is 1. The summed E-state index contributed by atoms with van der Waals surface area (Å²) >= 11 is 0. The molecule has 0 bridgehead atoms. The molecular formula is C22H26FN3O3. The van der Waals surface area contributed by atoms with Crippen LogP contribution >= 0.6 is 0 Å². The second-order valence-electron chi connectivity index (χ2n) is 7.11. The van der Waals surface area contributed by atoms with Gasteiger partial charge in [0.05, 0.1) is 0 Å². The lowest BCUT2D eigenvalue weighted by Gasteiger charge is -2.32. The largest absolute Gasteiger partial charge is 0.484 e. The van der Waals surface area contributed by atoms with Crippen LogP contribution in [-0.2, 0) is 4.79 Å². The van der Waals surface area contributed by atoms with Crippen LogP contribution in [-0.4, -0.2) is 43.1 Å². The predicted octanol–water partition coefficient (Wildman–Crippen LogP) is 3.65. The number of likely N-dealkylation sites (tertiary alicyclic amines) is 1. The summed E-state index contributed by atoms with van der Waals surface area (Å²) in [5.41, 5.74) is 0.796. The van der Waals surface area contributed by atoms with E-state index in [1.807, 2.05) is 35.2 Å². The third-order valence-electron chi connectivity index (χ3n) is 4.99. The van der Waals surface area contributed by atoms with E-state index >= 15 is 0 Å². The van der Waals surface area contributed by atoms with Crippen LogP contribution in [0.2, 0.25) is 0 Å². The highest BCUT2D eigenvalue weighted by Gasteiger charge is 2.22. The molecule has 0 radical (unpaired) electrons. The van der Waals surface area contributed by atoms with Crippen molar-refractivity contribution in [2.24, 2.45) is 5.92 Å². The first-order valence-corrected chi connectivity index (χ1v) is 9.86. The Morgan fingerprint density at radius 2 is 1.72 bits per heavy atom. The van der Waals surface area contributed by atoms with E-state index in [9.17, 15) is 14.0 Å². The SMILES string of the molecule is O=C(COc1ccc(F)cc1)NCCC1CCN(C(=O)Nc2ccccc2)CC1. The summed E-state index contributed by atoms with van der Waals surface area (Å²) in [6.07, 6.45) is 2.71. The normalized spacial score (nSPS) is 14.3. The minimum Gasteiger partial charge on any atom is -0.484 e. The van der Waals surface area contributed by atoms with E-state index in [-0.39, 0.29) is 24.4 Å². The van der Waals surface area contributed by atoms with Crippen molar-refractivity contribution in [1.29, 1.82) is 0 Å². The van der Waals surface area contributed by atoms with Gasteiger partial charge in [-0.3, -0.25) is 4.79 Å². The first-order chi connectivity index (χ1) is 14.1. The molecule has 6 nitrogen and oxygen atoms in total. The van der Waals surface area contributed by atoms with Crippen LogP contribution < -0.4 is 15.4 Å². The number of carbonyl (C=O) groups excluding carboxylic acids is 2. The monoisotopic (exact) mass is 399 g/mol. The summed E-state index contributed by atoms with van der Waals surface area (Å²) in [4.78, 5) is 26.0. The summed E-state index contributed by atoms with van der Waals surface area (Å²) < 4.78 is 18.2. The van der Waals surface area contributed by atoms with Crippen LogP contribution in [0.15, 0.2) is 54.6 Å². The molecule has 1 aliphatic rings. The molecule has 2 N–H and O–H groups in total. The van der Waals surface area contributed by atoms with Gasteiger partial charge in [-0.2, -0.15) is 0 Å². The average molecular weight is 399 g/mol. The Bertz CT molecular complexity index is 791. The van der Waals surface area contributed by atoms with Gasteiger partial charge in [0.2, 0.25) is 0 Å². The molecule has 1 saturated heterocycles. The number of para-hydroxylation sites is 1. The number of ether oxygens (including phenoxy) is 1. The van der Waals surface area contributed by atoms with Crippen LogP contribution in [0.1, 0.15) is 19.3 Å². The second-order valence-corrected chi connectivity index (χ2v) is 7.11. The Kier molecular flexibility index (Phi) is 7.44. The Labute approximate surface area is 170 Å². The molecule has 0 aliphatic carbocycles. The highest BCUT2D eigenvalue weighted by atomic mass is 19.1. The Morgan fingerprint density at radius 3 is 2.41 bits per heavy atom. The molecule has 0 unspecified atom stereocenters. The van der Waals surface area contributed by atoms with Crippen LogP contribution in [0.5, 0.6) is 5.75 Å². The lowest BCUT2D eigenvalue weighted by atomic mass is 9.94. The van der Waals surface area contributed by atoms with Crippen molar-refractivity contribution >= 4 is 17.6 Å². The number of anilines is 1. The molecule has 2 aromatic carbocycles. The maximum Gasteiger partial charge on any atom is 0.321 e. The number of urea groups is 1. The standard InChI is InChI=1S/C22H26FN3O3/c23-18-6-8-20(9-7-18)29-16-21(27)24-13-10-17-11-14-26(15-12-17)22(28)25-19-4-2-1-3-5-19/h1-9,17H,10-16H2,(H,24,27)(H,25,28). The van der Waals surface area contributed by atoms with Crippen LogP contribution in [0.25, 0.3) is 0 Å². The topological polar surface area (TPSA) is 70.7 Å². The van der Waals surface area contributed by atoms with Gasteiger partial charge >= 0.3 is 6.03 Å². The molecule has 3 amide bonds. The minimum absolute atomic E-state index is 0.0686. The van der Waals surface area contributed by atoms with Gasteiger partial charge in [0.1, 0.15) is 11.6 Å². The van der Waals surface area contributed by atoms with Gasteiger partial charge < -0.3 is 20.3 Å².